The van der Waals surface area contributed by atoms with Crippen LogP contribution >= 0.6 is 0 Å². The first kappa shape index (κ1) is 45.4. The first-order valence-electron chi connectivity index (χ1n) is 5.41. The predicted octanol–water partition coefficient (Wildman–Crippen LogP) is 0.234. The van der Waals surface area contributed by atoms with Gasteiger partial charge in [0, 0.05) is 33.6 Å². The van der Waals surface area contributed by atoms with Crippen molar-refractivity contribution < 1.29 is 74.7 Å². The SMILES string of the molecule is C#CCN1C(=O)c2ccccc2S1(=O)=O.[C-]#[O+].[C-]#[O+].[C-]#[O+].[C-]#[O+].[C-]#[O+].[C-]#[O+].[Co].[Co]. The van der Waals surface area contributed by atoms with Gasteiger partial charge in [0.05, 0.1) is 12.1 Å². The van der Waals surface area contributed by atoms with Crippen molar-refractivity contribution in [2.75, 3.05) is 6.54 Å². The summed E-state index contributed by atoms with van der Waals surface area (Å²) >= 11 is 0. The average molecular weight is 507 g/mol. The zero-order valence-electron chi connectivity index (χ0n) is 13.8. The first-order chi connectivity index (χ1) is 13.1. The van der Waals surface area contributed by atoms with Gasteiger partial charge in [-0.05, 0) is 12.1 Å². The Labute approximate surface area is 188 Å². The summed E-state index contributed by atoms with van der Waals surface area (Å²) in [6.07, 6.45) is 5.02. The van der Waals surface area contributed by atoms with Crippen molar-refractivity contribution in [2.45, 2.75) is 4.90 Å². The van der Waals surface area contributed by atoms with Crippen LogP contribution in [0.15, 0.2) is 29.2 Å². The van der Waals surface area contributed by atoms with Crippen molar-refractivity contribution >= 4 is 15.9 Å². The van der Waals surface area contributed by atoms with E-state index in [0.29, 0.717) is 4.31 Å². The average Bonchev–Trinajstić information content (AvgIpc) is 2.98. The number of rotatable bonds is 1. The molecule has 0 atom stereocenters. The van der Waals surface area contributed by atoms with E-state index >= 15 is 0 Å². The predicted molar refractivity (Wildman–Crippen MR) is 77.1 cm³/mol. The van der Waals surface area contributed by atoms with Gasteiger partial charge >= 0.3 is 67.8 Å². The fraction of sp³-hybridized carbons (Fsp3) is 0.0625. The molecule has 0 bridgehead atoms. The molecule has 1 aromatic carbocycles. The van der Waals surface area contributed by atoms with Gasteiger partial charge in [0.2, 0.25) is 0 Å². The minimum atomic E-state index is -3.72. The van der Waals surface area contributed by atoms with Gasteiger partial charge in [0.15, 0.2) is 0 Å². The Bertz CT molecular complexity index is 785. The van der Waals surface area contributed by atoms with Gasteiger partial charge in [-0.15, -0.1) is 6.42 Å². The molecule has 0 aliphatic carbocycles. The van der Waals surface area contributed by atoms with Crippen LogP contribution in [0.4, 0.5) is 0 Å². The molecule has 0 aromatic heterocycles. The van der Waals surface area contributed by atoms with Crippen molar-refractivity contribution in [3.05, 3.63) is 69.7 Å². The number of hydrogen-bond acceptors (Lipinski definition) is 3. The van der Waals surface area contributed by atoms with Crippen molar-refractivity contribution in [1.82, 2.24) is 4.31 Å². The van der Waals surface area contributed by atoms with E-state index in [1.807, 2.05) is 0 Å². The number of benzene rings is 1. The Morgan fingerprint density at radius 1 is 0.828 bits per heavy atom. The summed E-state index contributed by atoms with van der Waals surface area (Å²) < 4.78 is 69.3. The number of sulfonamides is 1. The number of nitrogens with zero attached hydrogens (tertiary/aromatic N) is 1. The minimum absolute atomic E-state index is 0. The standard InChI is InChI=1S/C10H7NO3S.6CO.2Co/c1-2-7-11-10(12)8-5-3-4-6-9(8)15(11,13)14;6*1-2;;/h1,3-6H,7H2;;;;;;;;. The van der Waals surface area contributed by atoms with E-state index in [1.165, 1.54) is 12.1 Å². The number of carbonyl (C=O) groups excluding carboxylic acids is 1. The van der Waals surface area contributed by atoms with Crippen LogP contribution in [-0.4, -0.2) is 25.2 Å². The topological polar surface area (TPSA) is 174 Å². The maximum Gasteiger partial charge on any atom is 0 e. The molecule has 154 valence electrons. The van der Waals surface area contributed by atoms with Crippen LogP contribution in [0.1, 0.15) is 10.4 Å². The Hall–Kier alpha value is -2.35. The second-order valence-corrected chi connectivity index (χ2v) is 4.85. The molecule has 13 heteroatoms. The van der Waals surface area contributed by atoms with Gasteiger partial charge in [-0.25, -0.2) is 12.7 Å². The van der Waals surface area contributed by atoms with Gasteiger partial charge in [0.1, 0.15) is 4.90 Å². The molecule has 0 saturated heterocycles. The van der Waals surface area contributed by atoms with Gasteiger partial charge in [-0.3, -0.25) is 4.79 Å². The van der Waals surface area contributed by atoms with Crippen LogP contribution in [0.2, 0.25) is 0 Å². The van der Waals surface area contributed by atoms with E-state index in [1.54, 1.807) is 12.1 Å². The molecule has 0 unspecified atom stereocenters. The molecule has 0 fully saturated rings. The molecule has 1 aliphatic rings. The fourth-order valence-corrected chi connectivity index (χ4v) is 2.95. The maximum atomic E-state index is 11.8. The quantitative estimate of drug-likeness (QED) is 0.301. The summed E-state index contributed by atoms with van der Waals surface area (Å²) in [5.41, 5.74) is 0.188. The zero-order chi connectivity index (χ0) is 23.1. The van der Waals surface area contributed by atoms with Gasteiger partial charge in [0.25, 0.3) is 15.9 Å². The molecule has 1 heterocycles. The summed E-state index contributed by atoms with van der Waals surface area (Å²) in [6, 6.07) is 6.07. The summed E-state index contributed by atoms with van der Waals surface area (Å²) in [6.45, 7) is 26.8. The Morgan fingerprint density at radius 3 is 1.48 bits per heavy atom. The second-order valence-electron chi connectivity index (χ2n) is 3.02. The molecule has 1 aromatic rings. The molecular formula is C16H7Co2NO9S. The van der Waals surface area contributed by atoms with Crippen molar-refractivity contribution in [1.29, 1.82) is 0 Å². The number of terminal acetylenes is 1. The van der Waals surface area contributed by atoms with E-state index in [-0.39, 0.29) is 50.6 Å². The molecule has 2 rings (SSSR count). The number of amides is 1. The molecule has 0 saturated carbocycles. The molecule has 2 radical (unpaired) electrons. The third-order valence-electron chi connectivity index (χ3n) is 2.15. The maximum absolute atomic E-state index is 11.8. The van der Waals surface area contributed by atoms with Crippen molar-refractivity contribution in [3.63, 3.8) is 0 Å². The smallest absolute Gasteiger partial charge is 0 e. The Kier molecular flexibility index (Phi) is 52.1. The molecule has 1 amide bonds. The van der Waals surface area contributed by atoms with E-state index in [0.717, 1.165) is 0 Å². The number of hydrogen-bond donors (Lipinski definition) is 0. The third-order valence-corrected chi connectivity index (χ3v) is 3.93. The van der Waals surface area contributed by atoms with Crippen LogP contribution in [0.3, 0.4) is 0 Å². The molecular weight excluding hydrogens is 500 g/mol. The molecule has 0 N–H and O–H groups in total. The number of carbonyl (C=O) groups is 1. The van der Waals surface area contributed by atoms with Crippen LogP contribution in [-0.2, 0) is 71.5 Å². The molecule has 10 nitrogen and oxygen atoms in total. The fourth-order valence-electron chi connectivity index (χ4n) is 1.47. The van der Waals surface area contributed by atoms with E-state index in [4.69, 9.17) is 34.3 Å². The van der Waals surface area contributed by atoms with Crippen LogP contribution in [0, 0.1) is 52.2 Å². The van der Waals surface area contributed by atoms with E-state index in [2.05, 4.69) is 45.8 Å². The molecule has 29 heavy (non-hydrogen) atoms. The summed E-state index contributed by atoms with van der Waals surface area (Å²) in [5, 5.41) is 0. The molecule has 1 aliphatic heterocycles. The first-order valence-corrected chi connectivity index (χ1v) is 6.85. The van der Waals surface area contributed by atoms with E-state index in [9.17, 15) is 13.2 Å². The van der Waals surface area contributed by atoms with Crippen LogP contribution < -0.4 is 0 Å². The van der Waals surface area contributed by atoms with Crippen molar-refractivity contribution in [2.24, 2.45) is 0 Å². The van der Waals surface area contributed by atoms with Crippen LogP contribution in [0.5, 0.6) is 0 Å². The third kappa shape index (κ3) is 14.3. The summed E-state index contributed by atoms with van der Waals surface area (Å²) in [5.74, 6) is 1.60. The molecule has 0 spiro atoms. The largest absolute Gasteiger partial charge is 0 e. The minimum Gasteiger partial charge on any atom is 0 e. The Morgan fingerprint density at radius 2 is 1.17 bits per heavy atom. The van der Waals surface area contributed by atoms with Gasteiger partial charge in [-0.1, -0.05) is 18.1 Å². The van der Waals surface area contributed by atoms with Gasteiger partial charge < -0.3 is 0 Å². The monoisotopic (exact) mass is 507 g/mol. The Balaban J connectivity index is -0.0000000601. The second kappa shape index (κ2) is 33.3. The zero-order valence-corrected chi connectivity index (χ0v) is 16.7. The van der Waals surface area contributed by atoms with Crippen LogP contribution in [0.25, 0.3) is 0 Å². The normalized spacial score (nSPS) is 9.34. The van der Waals surface area contributed by atoms with Gasteiger partial charge in [-0.2, -0.15) is 0 Å². The summed E-state index contributed by atoms with van der Waals surface area (Å²) in [7, 11) is -3.72. The van der Waals surface area contributed by atoms with Crippen molar-refractivity contribution in [3.8, 4) is 12.3 Å². The van der Waals surface area contributed by atoms with E-state index < -0.39 is 15.9 Å². The summed E-state index contributed by atoms with van der Waals surface area (Å²) in [4.78, 5) is 11.7. The number of fused-ring (bicyclic) bond motifs is 1.